The van der Waals surface area contributed by atoms with E-state index >= 15 is 0 Å². The van der Waals surface area contributed by atoms with Crippen molar-refractivity contribution in [2.75, 3.05) is 11.5 Å². The Labute approximate surface area is 93.4 Å². The van der Waals surface area contributed by atoms with Gasteiger partial charge in [0.05, 0.1) is 0 Å². The molecule has 1 heterocycles. The molecule has 0 bridgehead atoms. The molecule has 0 atom stereocenters. The number of sulfone groups is 1. The summed E-state index contributed by atoms with van der Waals surface area (Å²) in [5.74, 6) is -2.36. The molecule has 0 saturated heterocycles. The smallest absolute Gasteiger partial charge is 0.196 e. The van der Waals surface area contributed by atoms with E-state index in [1.165, 1.54) is 19.2 Å². The van der Waals surface area contributed by atoms with E-state index in [0.717, 1.165) is 0 Å². The van der Waals surface area contributed by atoms with Gasteiger partial charge in [0.15, 0.2) is 15.6 Å². The minimum atomic E-state index is -3.67. The summed E-state index contributed by atoms with van der Waals surface area (Å²) in [6.45, 7) is 1.17. The van der Waals surface area contributed by atoms with Gasteiger partial charge in [0.25, 0.3) is 0 Å². The van der Waals surface area contributed by atoms with Gasteiger partial charge in [-0.3, -0.25) is 14.6 Å². The summed E-state index contributed by atoms with van der Waals surface area (Å²) in [5, 5.41) is 0. The van der Waals surface area contributed by atoms with Crippen molar-refractivity contribution in [3.05, 3.63) is 30.1 Å². The second kappa shape index (κ2) is 4.98. The molecule has 0 aliphatic rings. The summed E-state index contributed by atoms with van der Waals surface area (Å²) >= 11 is 0. The fraction of sp³-hybridized carbons (Fsp3) is 0.300. The second-order valence-electron chi connectivity index (χ2n) is 3.37. The van der Waals surface area contributed by atoms with Gasteiger partial charge in [0, 0.05) is 6.20 Å². The van der Waals surface area contributed by atoms with Crippen molar-refractivity contribution in [2.45, 2.75) is 6.92 Å². The predicted octanol–water partition coefficient (Wildman–Crippen LogP) is 0.268. The van der Waals surface area contributed by atoms with E-state index in [4.69, 9.17) is 0 Å². The molecule has 0 aliphatic carbocycles. The molecule has 0 unspecified atom stereocenters. The first-order chi connectivity index (χ1) is 7.41. The van der Waals surface area contributed by atoms with Gasteiger partial charge in [-0.1, -0.05) is 6.07 Å². The van der Waals surface area contributed by atoms with Crippen LogP contribution >= 0.6 is 0 Å². The first-order valence-corrected chi connectivity index (χ1v) is 6.37. The normalized spacial score (nSPS) is 11.1. The number of Topliss-reactive ketones (excluding diaryl/α,β-unsaturated/α-hetero) is 2. The Morgan fingerprint density at radius 3 is 2.44 bits per heavy atom. The summed E-state index contributed by atoms with van der Waals surface area (Å²) in [4.78, 5) is 25.9. The lowest BCUT2D eigenvalue weighted by atomic mass is 10.3. The van der Waals surface area contributed by atoms with Crippen LogP contribution in [0.4, 0.5) is 0 Å². The van der Waals surface area contributed by atoms with Gasteiger partial charge in [-0.05, 0) is 19.1 Å². The molecule has 16 heavy (non-hydrogen) atoms. The number of pyridine rings is 1. The van der Waals surface area contributed by atoms with E-state index in [1.54, 1.807) is 12.1 Å². The van der Waals surface area contributed by atoms with Crippen molar-refractivity contribution in [3.63, 3.8) is 0 Å². The lowest BCUT2D eigenvalue weighted by Gasteiger charge is -2.00. The third kappa shape index (κ3) is 3.90. The molecular formula is C10H11NO4S. The highest BCUT2D eigenvalue weighted by molar-refractivity contribution is 7.92. The minimum Gasteiger partial charge on any atom is -0.299 e. The second-order valence-corrected chi connectivity index (χ2v) is 5.44. The zero-order valence-electron chi connectivity index (χ0n) is 8.71. The monoisotopic (exact) mass is 241 g/mol. The Kier molecular flexibility index (Phi) is 3.89. The predicted molar refractivity (Wildman–Crippen MR) is 57.9 cm³/mol. The summed E-state index contributed by atoms with van der Waals surface area (Å²) in [7, 11) is -3.67. The third-order valence-electron chi connectivity index (χ3n) is 1.72. The van der Waals surface area contributed by atoms with Crippen LogP contribution in [-0.4, -0.2) is 36.5 Å². The molecule has 1 aromatic rings. The van der Waals surface area contributed by atoms with Crippen LogP contribution in [0.2, 0.25) is 0 Å². The standard InChI is InChI=1S/C10H11NO4S/c1-8(12)6-16(14,15)7-10(13)9-4-2-3-5-11-9/h2-5H,6-7H2,1H3. The van der Waals surface area contributed by atoms with Crippen molar-refractivity contribution >= 4 is 21.4 Å². The average molecular weight is 241 g/mol. The molecule has 0 aromatic carbocycles. The van der Waals surface area contributed by atoms with Crippen molar-refractivity contribution in [1.29, 1.82) is 0 Å². The van der Waals surface area contributed by atoms with Crippen molar-refractivity contribution in [3.8, 4) is 0 Å². The highest BCUT2D eigenvalue weighted by Gasteiger charge is 2.20. The number of carbonyl (C=O) groups is 2. The SMILES string of the molecule is CC(=O)CS(=O)(=O)CC(=O)c1ccccn1. The molecule has 0 N–H and O–H groups in total. The average Bonchev–Trinajstić information content (AvgIpc) is 2.16. The van der Waals surface area contributed by atoms with E-state index < -0.39 is 32.9 Å². The first kappa shape index (κ1) is 12.5. The zero-order valence-corrected chi connectivity index (χ0v) is 9.53. The van der Waals surface area contributed by atoms with Crippen molar-refractivity contribution in [1.82, 2.24) is 4.98 Å². The lowest BCUT2D eigenvalue weighted by molar-refractivity contribution is -0.114. The van der Waals surface area contributed by atoms with Crippen LogP contribution in [0.25, 0.3) is 0 Å². The summed E-state index contributed by atoms with van der Waals surface area (Å²) < 4.78 is 22.7. The number of nitrogens with zero attached hydrogens (tertiary/aromatic N) is 1. The van der Waals surface area contributed by atoms with E-state index in [0.29, 0.717) is 0 Å². The summed E-state index contributed by atoms with van der Waals surface area (Å²) in [6.07, 6.45) is 1.41. The number of rotatable bonds is 5. The Morgan fingerprint density at radius 1 is 1.25 bits per heavy atom. The Bertz CT molecular complexity index is 493. The molecule has 86 valence electrons. The van der Waals surface area contributed by atoms with Crippen molar-refractivity contribution < 1.29 is 18.0 Å². The lowest BCUT2D eigenvalue weighted by Crippen LogP contribution is -2.22. The van der Waals surface area contributed by atoms with Gasteiger partial charge in [0.1, 0.15) is 23.0 Å². The summed E-state index contributed by atoms with van der Waals surface area (Å²) in [6, 6.07) is 4.66. The first-order valence-electron chi connectivity index (χ1n) is 4.55. The van der Waals surface area contributed by atoms with Gasteiger partial charge in [-0.2, -0.15) is 0 Å². The third-order valence-corrected chi connectivity index (χ3v) is 3.27. The van der Waals surface area contributed by atoms with Crippen LogP contribution in [0.5, 0.6) is 0 Å². The maximum atomic E-state index is 11.5. The van der Waals surface area contributed by atoms with E-state index in [2.05, 4.69) is 4.98 Å². The number of hydrogen-bond acceptors (Lipinski definition) is 5. The van der Waals surface area contributed by atoms with Gasteiger partial charge < -0.3 is 0 Å². The van der Waals surface area contributed by atoms with Gasteiger partial charge in [0.2, 0.25) is 0 Å². The zero-order chi connectivity index (χ0) is 12.2. The van der Waals surface area contributed by atoms with Crippen molar-refractivity contribution in [2.24, 2.45) is 0 Å². The Hall–Kier alpha value is -1.56. The maximum absolute atomic E-state index is 11.5. The van der Waals surface area contributed by atoms with E-state index in [1.807, 2.05) is 0 Å². The van der Waals surface area contributed by atoms with Crippen LogP contribution in [0.1, 0.15) is 17.4 Å². The van der Waals surface area contributed by atoms with Crippen LogP contribution in [-0.2, 0) is 14.6 Å². The molecule has 0 aliphatic heterocycles. The molecule has 0 saturated carbocycles. The summed E-state index contributed by atoms with van der Waals surface area (Å²) in [5.41, 5.74) is 0.0922. The fourth-order valence-electron chi connectivity index (χ4n) is 1.16. The molecule has 1 rings (SSSR count). The van der Waals surface area contributed by atoms with Crippen LogP contribution in [0, 0.1) is 0 Å². The van der Waals surface area contributed by atoms with Gasteiger partial charge in [-0.25, -0.2) is 8.42 Å². The fourth-order valence-corrected chi connectivity index (χ4v) is 2.43. The molecule has 6 heteroatoms. The maximum Gasteiger partial charge on any atom is 0.196 e. The number of carbonyl (C=O) groups excluding carboxylic acids is 2. The molecule has 5 nitrogen and oxygen atoms in total. The highest BCUT2D eigenvalue weighted by atomic mass is 32.2. The molecule has 0 spiro atoms. The topological polar surface area (TPSA) is 81.2 Å². The highest BCUT2D eigenvalue weighted by Crippen LogP contribution is 2.00. The quantitative estimate of drug-likeness (QED) is 0.691. The number of hydrogen-bond donors (Lipinski definition) is 0. The molecule has 0 fully saturated rings. The molecule has 1 aromatic heterocycles. The van der Waals surface area contributed by atoms with Gasteiger partial charge >= 0.3 is 0 Å². The van der Waals surface area contributed by atoms with E-state index in [-0.39, 0.29) is 5.69 Å². The van der Waals surface area contributed by atoms with Crippen LogP contribution in [0.3, 0.4) is 0 Å². The van der Waals surface area contributed by atoms with E-state index in [9.17, 15) is 18.0 Å². The Balaban J connectivity index is 2.76. The largest absolute Gasteiger partial charge is 0.299 e. The minimum absolute atomic E-state index is 0.0922. The number of ketones is 2. The van der Waals surface area contributed by atoms with Crippen LogP contribution in [0.15, 0.2) is 24.4 Å². The number of aromatic nitrogens is 1. The van der Waals surface area contributed by atoms with Gasteiger partial charge in [-0.15, -0.1) is 0 Å². The molecule has 0 amide bonds. The molecule has 0 radical (unpaired) electrons. The van der Waals surface area contributed by atoms with Crippen LogP contribution < -0.4 is 0 Å². The molecular weight excluding hydrogens is 230 g/mol. The Morgan fingerprint density at radius 2 is 1.94 bits per heavy atom.